The lowest BCUT2D eigenvalue weighted by molar-refractivity contribution is 0.0930. The Labute approximate surface area is 95.3 Å². The Balaban J connectivity index is 2.06. The van der Waals surface area contributed by atoms with Crippen LogP contribution in [0.3, 0.4) is 0 Å². The van der Waals surface area contributed by atoms with Crippen LogP contribution in [0.5, 0.6) is 0 Å². The molecule has 2 atom stereocenters. The zero-order valence-corrected chi connectivity index (χ0v) is 9.44. The highest BCUT2D eigenvalue weighted by Gasteiger charge is 2.25. The molecule has 1 saturated carbocycles. The van der Waals surface area contributed by atoms with Gasteiger partial charge in [-0.1, -0.05) is 13.3 Å². The summed E-state index contributed by atoms with van der Waals surface area (Å²) in [6.45, 7) is 2.17. The molecule has 4 heteroatoms. The highest BCUT2D eigenvalue weighted by atomic mass is 16.1. The van der Waals surface area contributed by atoms with Crippen molar-refractivity contribution in [3.05, 3.63) is 24.0 Å². The molecule has 1 aliphatic carbocycles. The second kappa shape index (κ2) is 4.51. The average molecular weight is 219 g/mol. The Bertz CT molecular complexity index is 392. The van der Waals surface area contributed by atoms with Gasteiger partial charge in [-0.15, -0.1) is 0 Å². The van der Waals surface area contributed by atoms with Gasteiger partial charge < -0.3 is 11.1 Å². The SMILES string of the molecule is CC1CCCC1NC(=O)c1cnccc1N. The van der Waals surface area contributed by atoms with Crippen molar-refractivity contribution >= 4 is 11.6 Å². The molecule has 1 aromatic heterocycles. The summed E-state index contributed by atoms with van der Waals surface area (Å²) in [4.78, 5) is 15.9. The zero-order chi connectivity index (χ0) is 11.5. The van der Waals surface area contributed by atoms with Gasteiger partial charge in [0, 0.05) is 24.1 Å². The summed E-state index contributed by atoms with van der Waals surface area (Å²) < 4.78 is 0. The molecule has 1 amide bonds. The summed E-state index contributed by atoms with van der Waals surface area (Å²) >= 11 is 0. The van der Waals surface area contributed by atoms with Crippen LogP contribution in [0.25, 0.3) is 0 Å². The first-order chi connectivity index (χ1) is 7.68. The summed E-state index contributed by atoms with van der Waals surface area (Å²) in [5.74, 6) is 0.450. The third-order valence-electron chi connectivity index (χ3n) is 3.28. The number of aromatic nitrogens is 1. The molecule has 0 bridgehead atoms. The smallest absolute Gasteiger partial charge is 0.255 e. The number of rotatable bonds is 2. The van der Waals surface area contributed by atoms with Crippen LogP contribution in [0.2, 0.25) is 0 Å². The van der Waals surface area contributed by atoms with Crippen molar-refractivity contribution in [3.63, 3.8) is 0 Å². The van der Waals surface area contributed by atoms with Crippen LogP contribution >= 0.6 is 0 Å². The molecule has 1 aliphatic rings. The molecule has 0 aromatic carbocycles. The van der Waals surface area contributed by atoms with Crippen LogP contribution in [0.4, 0.5) is 5.69 Å². The number of nitrogens with zero attached hydrogens (tertiary/aromatic N) is 1. The summed E-state index contributed by atoms with van der Waals surface area (Å²) in [6.07, 6.45) is 6.55. The van der Waals surface area contributed by atoms with Crippen LogP contribution in [-0.4, -0.2) is 16.9 Å². The Hall–Kier alpha value is -1.58. The minimum absolute atomic E-state index is 0.107. The molecule has 1 heterocycles. The summed E-state index contributed by atoms with van der Waals surface area (Å²) in [5, 5.41) is 3.03. The van der Waals surface area contributed by atoms with Gasteiger partial charge >= 0.3 is 0 Å². The lowest BCUT2D eigenvalue weighted by atomic mass is 10.1. The van der Waals surface area contributed by atoms with Crippen LogP contribution in [0.15, 0.2) is 18.5 Å². The van der Waals surface area contributed by atoms with Crippen molar-refractivity contribution in [1.82, 2.24) is 10.3 Å². The molecule has 1 aromatic rings. The van der Waals surface area contributed by atoms with Crippen LogP contribution in [0, 0.1) is 5.92 Å². The molecule has 0 radical (unpaired) electrons. The minimum atomic E-state index is -0.107. The van der Waals surface area contributed by atoms with Crippen molar-refractivity contribution in [2.24, 2.45) is 5.92 Å². The number of amides is 1. The molecule has 2 unspecified atom stereocenters. The van der Waals surface area contributed by atoms with E-state index in [0.29, 0.717) is 17.2 Å². The van der Waals surface area contributed by atoms with Crippen LogP contribution < -0.4 is 11.1 Å². The van der Waals surface area contributed by atoms with E-state index in [9.17, 15) is 4.79 Å². The van der Waals surface area contributed by atoms with Crippen molar-refractivity contribution < 1.29 is 4.79 Å². The van der Waals surface area contributed by atoms with E-state index in [0.717, 1.165) is 6.42 Å². The number of nitrogens with two attached hydrogens (primary N) is 1. The molecular formula is C12H17N3O. The highest BCUT2D eigenvalue weighted by Crippen LogP contribution is 2.25. The fourth-order valence-electron chi connectivity index (χ4n) is 2.20. The van der Waals surface area contributed by atoms with Crippen molar-refractivity contribution in [3.8, 4) is 0 Å². The molecule has 0 spiro atoms. The second-order valence-electron chi connectivity index (χ2n) is 4.45. The Kier molecular flexibility index (Phi) is 3.08. The predicted octanol–water partition coefficient (Wildman–Crippen LogP) is 1.58. The standard InChI is InChI=1S/C12H17N3O/c1-8-3-2-4-11(8)15-12(16)9-7-14-6-5-10(9)13/h5-8,11H,2-4H2,1H3,(H2,13,14)(H,15,16). The van der Waals surface area contributed by atoms with E-state index in [1.54, 1.807) is 12.3 Å². The summed E-state index contributed by atoms with van der Waals surface area (Å²) in [5.41, 5.74) is 6.69. The first kappa shape index (κ1) is 10.9. The number of carbonyl (C=O) groups is 1. The number of nitrogens with one attached hydrogen (secondary N) is 1. The lowest BCUT2D eigenvalue weighted by Crippen LogP contribution is -2.36. The fraction of sp³-hybridized carbons (Fsp3) is 0.500. The summed E-state index contributed by atoms with van der Waals surface area (Å²) in [7, 11) is 0. The van der Waals surface area contributed by atoms with Gasteiger partial charge in [-0.2, -0.15) is 0 Å². The van der Waals surface area contributed by atoms with E-state index in [1.165, 1.54) is 19.0 Å². The van der Waals surface area contributed by atoms with E-state index in [-0.39, 0.29) is 11.9 Å². The molecule has 16 heavy (non-hydrogen) atoms. The molecular weight excluding hydrogens is 202 g/mol. The van der Waals surface area contributed by atoms with Crippen molar-refractivity contribution in [2.75, 3.05) is 5.73 Å². The van der Waals surface area contributed by atoms with Gasteiger partial charge in [0.15, 0.2) is 0 Å². The molecule has 2 rings (SSSR count). The van der Waals surface area contributed by atoms with Crippen LogP contribution in [-0.2, 0) is 0 Å². The largest absolute Gasteiger partial charge is 0.398 e. The van der Waals surface area contributed by atoms with E-state index in [2.05, 4.69) is 17.2 Å². The maximum absolute atomic E-state index is 11.9. The second-order valence-corrected chi connectivity index (χ2v) is 4.45. The van der Waals surface area contributed by atoms with E-state index >= 15 is 0 Å². The molecule has 0 saturated heterocycles. The number of nitrogen functional groups attached to an aromatic ring is 1. The number of anilines is 1. The van der Waals surface area contributed by atoms with E-state index in [4.69, 9.17) is 5.73 Å². The van der Waals surface area contributed by atoms with Gasteiger partial charge in [-0.05, 0) is 24.8 Å². The number of hydrogen-bond acceptors (Lipinski definition) is 3. The predicted molar refractivity (Wildman–Crippen MR) is 62.9 cm³/mol. The number of hydrogen-bond donors (Lipinski definition) is 2. The van der Waals surface area contributed by atoms with Crippen LogP contribution in [0.1, 0.15) is 36.5 Å². The Morgan fingerprint density at radius 3 is 3.00 bits per heavy atom. The molecule has 4 nitrogen and oxygen atoms in total. The maximum Gasteiger partial charge on any atom is 0.255 e. The van der Waals surface area contributed by atoms with E-state index < -0.39 is 0 Å². The van der Waals surface area contributed by atoms with Gasteiger partial charge in [0.1, 0.15) is 0 Å². The Morgan fingerprint density at radius 1 is 1.56 bits per heavy atom. The summed E-state index contributed by atoms with van der Waals surface area (Å²) in [6, 6.07) is 1.93. The molecule has 86 valence electrons. The normalized spacial score (nSPS) is 24.3. The zero-order valence-electron chi connectivity index (χ0n) is 9.44. The van der Waals surface area contributed by atoms with Gasteiger partial charge in [-0.25, -0.2) is 0 Å². The lowest BCUT2D eigenvalue weighted by Gasteiger charge is -2.17. The third kappa shape index (κ3) is 2.15. The minimum Gasteiger partial charge on any atom is -0.398 e. The fourth-order valence-corrected chi connectivity index (χ4v) is 2.20. The highest BCUT2D eigenvalue weighted by molar-refractivity contribution is 5.98. The quantitative estimate of drug-likeness (QED) is 0.793. The van der Waals surface area contributed by atoms with Gasteiger partial charge in [0.2, 0.25) is 0 Å². The third-order valence-corrected chi connectivity index (χ3v) is 3.28. The maximum atomic E-state index is 11.9. The van der Waals surface area contributed by atoms with E-state index in [1.807, 2.05) is 0 Å². The monoisotopic (exact) mass is 219 g/mol. The molecule has 1 fully saturated rings. The Morgan fingerprint density at radius 2 is 2.38 bits per heavy atom. The molecule has 3 N–H and O–H groups in total. The first-order valence-corrected chi connectivity index (χ1v) is 5.69. The van der Waals surface area contributed by atoms with Gasteiger partial charge in [-0.3, -0.25) is 9.78 Å². The van der Waals surface area contributed by atoms with Crippen molar-refractivity contribution in [2.45, 2.75) is 32.2 Å². The average Bonchev–Trinajstić information content (AvgIpc) is 2.65. The molecule has 0 aliphatic heterocycles. The number of carbonyl (C=O) groups excluding carboxylic acids is 1. The first-order valence-electron chi connectivity index (χ1n) is 5.69. The number of pyridine rings is 1. The topological polar surface area (TPSA) is 68.0 Å². The van der Waals surface area contributed by atoms with Crippen molar-refractivity contribution in [1.29, 1.82) is 0 Å². The van der Waals surface area contributed by atoms with Gasteiger partial charge in [0.05, 0.1) is 5.56 Å². The van der Waals surface area contributed by atoms with Gasteiger partial charge in [0.25, 0.3) is 5.91 Å².